The minimum atomic E-state index is -0.0856. The van der Waals surface area contributed by atoms with Gasteiger partial charge in [-0.3, -0.25) is 9.79 Å². The van der Waals surface area contributed by atoms with Crippen molar-refractivity contribution in [2.24, 2.45) is 4.99 Å². The summed E-state index contributed by atoms with van der Waals surface area (Å²) in [6, 6.07) is 21.1. The van der Waals surface area contributed by atoms with Crippen molar-refractivity contribution in [3.05, 3.63) is 88.5 Å². The molecular weight excluding hydrogens is 386 g/mol. The second kappa shape index (κ2) is 8.85. The van der Waals surface area contributed by atoms with Gasteiger partial charge in [-0.2, -0.15) is 5.26 Å². The molecule has 0 spiro atoms. The molecule has 4 rings (SSSR count). The van der Waals surface area contributed by atoms with Gasteiger partial charge < -0.3 is 9.64 Å². The Balaban J connectivity index is 1.62. The fourth-order valence-corrected chi connectivity index (χ4v) is 3.87. The Morgan fingerprint density at radius 3 is 2.77 bits per heavy atom. The fourth-order valence-electron chi connectivity index (χ4n) is 3.87. The number of carbonyl (C=O) groups is 1. The number of amides is 1. The maximum absolute atomic E-state index is 13.2. The highest BCUT2D eigenvalue weighted by Crippen LogP contribution is 2.33. The van der Waals surface area contributed by atoms with E-state index in [4.69, 9.17) is 4.74 Å². The molecular formula is C26H23N3O2. The molecule has 3 aromatic rings. The van der Waals surface area contributed by atoms with E-state index in [2.05, 4.69) is 11.1 Å². The van der Waals surface area contributed by atoms with Gasteiger partial charge in [0.15, 0.2) is 0 Å². The zero-order valence-electron chi connectivity index (χ0n) is 17.6. The average molecular weight is 409 g/mol. The Labute approximate surface area is 182 Å². The molecule has 0 atom stereocenters. The summed E-state index contributed by atoms with van der Waals surface area (Å²) in [4.78, 5) is 19.2. The minimum Gasteiger partial charge on any atom is -0.493 e. The van der Waals surface area contributed by atoms with E-state index in [0.717, 1.165) is 22.3 Å². The van der Waals surface area contributed by atoms with Gasteiger partial charge in [-0.1, -0.05) is 36.4 Å². The summed E-state index contributed by atoms with van der Waals surface area (Å²) in [5.41, 5.74) is 6.12. The largest absolute Gasteiger partial charge is 0.493 e. The second-order valence-electron chi connectivity index (χ2n) is 7.42. The first-order chi connectivity index (χ1) is 15.1. The minimum absolute atomic E-state index is 0.0856. The fraction of sp³-hybridized carbons (Fsp3) is 0.192. The number of aliphatic imine (C=N–C) groups is 1. The molecule has 0 aromatic heterocycles. The predicted molar refractivity (Wildman–Crippen MR) is 121 cm³/mol. The number of benzene rings is 3. The van der Waals surface area contributed by atoms with Gasteiger partial charge in [0.25, 0.3) is 5.91 Å². The normalized spacial score (nSPS) is 11.6. The van der Waals surface area contributed by atoms with E-state index in [1.165, 1.54) is 5.56 Å². The van der Waals surface area contributed by atoms with E-state index < -0.39 is 0 Å². The molecule has 154 valence electrons. The van der Waals surface area contributed by atoms with Gasteiger partial charge in [0.05, 0.1) is 24.8 Å². The number of carbonyl (C=O) groups excluding carboxylic acids is 1. The topological polar surface area (TPSA) is 65.7 Å². The summed E-state index contributed by atoms with van der Waals surface area (Å²) in [6.07, 6.45) is 1.88. The first kappa shape index (κ1) is 20.4. The molecule has 1 aliphatic rings. The smallest absolute Gasteiger partial charge is 0.254 e. The molecule has 0 radical (unpaired) electrons. The summed E-state index contributed by atoms with van der Waals surface area (Å²) in [6.45, 7) is 3.54. The van der Waals surface area contributed by atoms with Gasteiger partial charge >= 0.3 is 0 Å². The lowest BCUT2D eigenvalue weighted by molar-refractivity contribution is 0.0784. The molecule has 31 heavy (non-hydrogen) atoms. The summed E-state index contributed by atoms with van der Waals surface area (Å²) >= 11 is 0. The summed E-state index contributed by atoms with van der Waals surface area (Å²) < 4.78 is 5.84. The van der Waals surface area contributed by atoms with Crippen molar-refractivity contribution >= 4 is 12.1 Å². The van der Waals surface area contributed by atoms with Crippen LogP contribution in [0.2, 0.25) is 0 Å². The number of hydrogen-bond acceptors (Lipinski definition) is 4. The van der Waals surface area contributed by atoms with Gasteiger partial charge in [-0.25, -0.2) is 0 Å². The highest BCUT2D eigenvalue weighted by molar-refractivity contribution is 5.96. The van der Waals surface area contributed by atoms with Crippen LogP contribution in [-0.2, 0) is 13.1 Å². The maximum atomic E-state index is 13.2. The van der Waals surface area contributed by atoms with Crippen molar-refractivity contribution in [2.45, 2.75) is 20.0 Å². The van der Waals surface area contributed by atoms with Crippen LogP contribution in [0.5, 0.6) is 5.75 Å². The molecule has 0 saturated heterocycles. The zero-order chi connectivity index (χ0) is 21.8. The monoisotopic (exact) mass is 409 g/mol. The van der Waals surface area contributed by atoms with Crippen molar-refractivity contribution in [2.75, 3.05) is 13.7 Å². The van der Waals surface area contributed by atoms with Crippen molar-refractivity contribution in [1.82, 2.24) is 4.90 Å². The number of nitrogens with zero attached hydrogens (tertiary/aromatic N) is 3. The molecule has 0 aliphatic carbocycles. The van der Waals surface area contributed by atoms with E-state index >= 15 is 0 Å². The Kier molecular flexibility index (Phi) is 5.81. The zero-order valence-corrected chi connectivity index (χ0v) is 17.6. The molecule has 5 nitrogen and oxygen atoms in total. The third kappa shape index (κ3) is 4.06. The summed E-state index contributed by atoms with van der Waals surface area (Å²) in [7, 11) is 1.80. The number of nitriles is 1. The van der Waals surface area contributed by atoms with Gasteiger partial charge in [0.1, 0.15) is 5.75 Å². The van der Waals surface area contributed by atoms with Crippen molar-refractivity contribution in [1.29, 1.82) is 5.26 Å². The summed E-state index contributed by atoms with van der Waals surface area (Å²) in [5, 5.41) is 9.46. The average Bonchev–Trinajstić information content (AvgIpc) is 3.29. The highest BCUT2D eigenvalue weighted by atomic mass is 16.5. The number of hydrogen-bond donors (Lipinski definition) is 0. The van der Waals surface area contributed by atoms with Crippen LogP contribution in [0.25, 0.3) is 11.1 Å². The molecule has 1 heterocycles. The van der Waals surface area contributed by atoms with E-state index in [0.29, 0.717) is 36.6 Å². The van der Waals surface area contributed by atoms with Gasteiger partial charge in [-0.05, 0) is 47.9 Å². The molecule has 0 unspecified atom stereocenters. The van der Waals surface area contributed by atoms with E-state index in [9.17, 15) is 10.1 Å². The van der Waals surface area contributed by atoms with Crippen LogP contribution in [0.3, 0.4) is 0 Å². The van der Waals surface area contributed by atoms with Crippen LogP contribution in [-0.4, -0.2) is 30.7 Å². The molecule has 1 aliphatic heterocycles. The number of rotatable bonds is 6. The third-order valence-corrected chi connectivity index (χ3v) is 5.41. The van der Waals surface area contributed by atoms with Crippen molar-refractivity contribution < 1.29 is 9.53 Å². The Bertz CT molecular complexity index is 1210. The van der Waals surface area contributed by atoms with E-state index in [1.807, 2.05) is 55.6 Å². The third-order valence-electron chi connectivity index (χ3n) is 5.41. The highest BCUT2D eigenvalue weighted by Gasteiger charge is 2.19. The van der Waals surface area contributed by atoms with Crippen LogP contribution in [0.1, 0.15) is 39.5 Å². The SMILES string of the molecule is CCOc1cc(C(=O)N(C)Cc2cccc3c2CN=C3)ccc1-c1ccccc1C#N. The number of ether oxygens (including phenoxy) is 1. The van der Waals surface area contributed by atoms with Crippen LogP contribution in [0.15, 0.2) is 65.7 Å². The maximum Gasteiger partial charge on any atom is 0.254 e. The van der Waals surface area contributed by atoms with Crippen LogP contribution >= 0.6 is 0 Å². The quantitative estimate of drug-likeness (QED) is 0.586. The standard InChI is InChI=1S/C26H23N3O2/c1-3-31-25-13-18(11-12-23(25)22-10-5-4-7-19(22)14-27)26(30)29(2)17-21-9-6-8-20-15-28-16-24(20)21/h4-13,15H,3,16-17H2,1-2H3. The molecule has 1 amide bonds. The first-order valence-electron chi connectivity index (χ1n) is 10.2. The Hall–Kier alpha value is -3.91. The molecule has 0 saturated carbocycles. The van der Waals surface area contributed by atoms with Crippen molar-refractivity contribution in [3.63, 3.8) is 0 Å². The first-order valence-corrected chi connectivity index (χ1v) is 10.2. The number of fused-ring (bicyclic) bond motifs is 1. The lowest BCUT2D eigenvalue weighted by atomic mass is 9.97. The molecule has 0 fully saturated rings. The van der Waals surface area contributed by atoms with E-state index in [-0.39, 0.29) is 5.91 Å². The Morgan fingerprint density at radius 1 is 1.13 bits per heavy atom. The molecule has 0 N–H and O–H groups in total. The molecule has 5 heteroatoms. The second-order valence-corrected chi connectivity index (χ2v) is 7.42. The van der Waals surface area contributed by atoms with Crippen LogP contribution < -0.4 is 4.74 Å². The van der Waals surface area contributed by atoms with Gasteiger partial charge in [0.2, 0.25) is 0 Å². The lowest BCUT2D eigenvalue weighted by Gasteiger charge is -2.20. The lowest BCUT2D eigenvalue weighted by Crippen LogP contribution is -2.26. The van der Waals surface area contributed by atoms with Crippen LogP contribution in [0.4, 0.5) is 0 Å². The predicted octanol–water partition coefficient (Wildman–Crippen LogP) is 4.83. The Morgan fingerprint density at radius 2 is 1.97 bits per heavy atom. The van der Waals surface area contributed by atoms with Gasteiger partial charge in [-0.15, -0.1) is 0 Å². The molecule has 0 bridgehead atoms. The van der Waals surface area contributed by atoms with E-state index in [1.54, 1.807) is 30.1 Å². The van der Waals surface area contributed by atoms with Gasteiger partial charge in [0, 0.05) is 36.5 Å². The van der Waals surface area contributed by atoms with Crippen molar-refractivity contribution in [3.8, 4) is 22.9 Å². The van der Waals surface area contributed by atoms with Crippen LogP contribution in [0, 0.1) is 11.3 Å². The molecule has 3 aromatic carbocycles. The summed E-state index contributed by atoms with van der Waals surface area (Å²) in [5.74, 6) is 0.510.